The largest absolute Gasteiger partial charge is 0.488 e. The van der Waals surface area contributed by atoms with Crippen LogP contribution in [-0.2, 0) is 4.74 Å². The molecule has 1 aliphatic heterocycles. The van der Waals surface area contributed by atoms with E-state index in [2.05, 4.69) is 0 Å². The van der Waals surface area contributed by atoms with Crippen molar-refractivity contribution in [1.29, 1.82) is 0 Å². The van der Waals surface area contributed by atoms with Crippen molar-refractivity contribution in [3.8, 4) is 5.75 Å². The summed E-state index contributed by atoms with van der Waals surface area (Å²) in [7, 11) is 0. The van der Waals surface area contributed by atoms with Crippen molar-refractivity contribution in [2.45, 2.75) is 25.5 Å². The van der Waals surface area contributed by atoms with Gasteiger partial charge in [0.15, 0.2) is 0 Å². The van der Waals surface area contributed by atoms with E-state index in [9.17, 15) is 0 Å². The summed E-state index contributed by atoms with van der Waals surface area (Å²) in [6.45, 7) is 3.47. The number of hydrogen-bond donors (Lipinski definition) is 1. The lowest BCUT2D eigenvalue weighted by Gasteiger charge is -2.13. The monoisotopic (exact) mass is 207 g/mol. The van der Waals surface area contributed by atoms with Crippen LogP contribution >= 0.6 is 0 Å². The van der Waals surface area contributed by atoms with Gasteiger partial charge in [-0.1, -0.05) is 12.1 Å². The number of nitrogens with two attached hydrogens (primary N) is 1. The second-order valence-electron chi connectivity index (χ2n) is 3.96. The van der Waals surface area contributed by atoms with Gasteiger partial charge in [0.25, 0.3) is 0 Å². The summed E-state index contributed by atoms with van der Waals surface area (Å²) in [5.74, 6) is 0.889. The van der Waals surface area contributed by atoms with Gasteiger partial charge in [-0.05, 0) is 24.6 Å². The molecule has 1 heterocycles. The highest BCUT2D eigenvalue weighted by atomic mass is 16.5. The van der Waals surface area contributed by atoms with Gasteiger partial charge in [-0.2, -0.15) is 0 Å². The zero-order valence-corrected chi connectivity index (χ0v) is 8.98. The minimum Gasteiger partial charge on any atom is -0.488 e. The Bertz CT molecular complexity index is 319. The highest BCUT2D eigenvalue weighted by Gasteiger charge is 2.17. The summed E-state index contributed by atoms with van der Waals surface area (Å²) in [5.41, 5.74) is 6.91. The maximum absolute atomic E-state index is 5.81. The third-order valence-corrected chi connectivity index (χ3v) is 2.57. The van der Waals surface area contributed by atoms with Crippen LogP contribution in [0.25, 0.3) is 0 Å². The minimum atomic E-state index is 0.0494. The first-order valence-electron chi connectivity index (χ1n) is 5.35. The van der Waals surface area contributed by atoms with Gasteiger partial charge in [0, 0.05) is 12.5 Å². The van der Waals surface area contributed by atoms with Gasteiger partial charge in [0.05, 0.1) is 13.2 Å². The lowest BCUT2D eigenvalue weighted by atomic mass is 10.1. The fraction of sp³-hybridized carbons (Fsp3) is 0.500. The fourth-order valence-corrected chi connectivity index (χ4v) is 1.67. The van der Waals surface area contributed by atoms with Crippen LogP contribution in [0.4, 0.5) is 0 Å². The Balaban J connectivity index is 2.04. The first-order chi connectivity index (χ1) is 7.25. The molecule has 1 aromatic carbocycles. The summed E-state index contributed by atoms with van der Waals surface area (Å²) < 4.78 is 11.0. The van der Waals surface area contributed by atoms with Crippen LogP contribution < -0.4 is 10.5 Å². The van der Waals surface area contributed by atoms with Crippen molar-refractivity contribution in [2.75, 3.05) is 13.2 Å². The normalized spacial score (nSPS) is 22.7. The molecule has 0 aromatic heterocycles. The van der Waals surface area contributed by atoms with Crippen LogP contribution in [0.1, 0.15) is 24.9 Å². The van der Waals surface area contributed by atoms with E-state index < -0.39 is 0 Å². The van der Waals surface area contributed by atoms with E-state index in [0.29, 0.717) is 6.61 Å². The Morgan fingerprint density at radius 2 is 2.40 bits per heavy atom. The average molecular weight is 207 g/mol. The number of hydrogen-bond acceptors (Lipinski definition) is 3. The summed E-state index contributed by atoms with van der Waals surface area (Å²) in [6, 6.07) is 8.01. The third kappa shape index (κ3) is 2.70. The van der Waals surface area contributed by atoms with Crippen LogP contribution in [0.5, 0.6) is 5.75 Å². The molecule has 0 radical (unpaired) electrons. The third-order valence-electron chi connectivity index (χ3n) is 2.57. The number of ether oxygens (including phenoxy) is 2. The minimum absolute atomic E-state index is 0.0494. The van der Waals surface area contributed by atoms with Gasteiger partial charge >= 0.3 is 0 Å². The summed E-state index contributed by atoms with van der Waals surface area (Å²) in [6.07, 6.45) is 1.18. The topological polar surface area (TPSA) is 44.5 Å². The van der Waals surface area contributed by atoms with Crippen LogP contribution in [0.3, 0.4) is 0 Å². The molecule has 3 nitrogen and oxygen atoms in total. The SMILES string of the molecule is C[C@H](N)c1cccc(O[C@@H]2CCOC2)c1. The van der Waals surface area contributed by atoms with Crippen molar-refractivity contribution in [2.24, 2.45) is 5.73 Å². The molecule has 1 saturated heterocycles. The van der Waals surface area contributed by atoms with Crippen molar-refractivity contribution in [3.05, 3.63) is 29.8 Å². The zero-order valence-electron chi connectivity index (χ0n) is 8.98. The molecule has 82 valence electrons. The van der Waals surface area contributed by atoms with Gasteiger partial charge in [0.2, 0.25) is 0 Å². The van der Waals surface area contributed by atoms with Crippen LogP contribution in [0.15, 0.2) is 24.3 Å². The van der Waals surface area contributed by atoms with Crippen LogP contribution in [-0.4, -0.2) is 19.3 Å². The van der Waals surface area contributed by atoms with E-state index in [4.69, 9.17) is 15.2 Å². The van der Waals surface area contributed by atoms with Crippen molar-refractivity contribution in [1.82, 2.24) is 0 Å². The molecule has 2 atom stereocenters. The molecule has 0 spiro atoms. The van der Waals surface area contributed by atoms with Crippen LogP contribution in [0, 0.1) is 0 Å². The second-order valence-corrected chi connectivity index (χ2v) is 3.96. The average Bonchev–Trinajstić information content (AvgIpc) is 2.71. The highest BCUT2D eigenvalue weighted by Crippen LogP contribution is 2.20. The maximum Gasteiger partial charge on any atom is 0.124 e. The quantitative estimate of drug-likeness (QED) is 0.823. The van der Waals surface area contributed by atoms with Crippen LogP contribution in [0.2, 0.25) is 0 Å². The summed E-state index contributed by atoms with van der Waals surface area (Å²) in [5, 5.41) is 0. The van der Waals surface area contributed by atoms with Crippen molar-refractivity contribution in [3.63, 3.8) is 0 Å². The van der Waals surface area contributed by atoms with E-state index in [1.807, 2.05) is 31.2 Å². The Morgan fingerprint density at radius 1 is 1.53 bits per heavy atom. The van der Waals surface area contributed by atoms with E-state index in [0.717, 1.165) is 24.3 Å². The molecule has 1 fully saturated rings. The molecule has 3 heteroatoms. The first-order valence-corrected chi connectivity index (χ1v) is 5.35. The molecule has 2 rings (SSSR count). The van der Waals surface area contributed by atoms with E-state index in [1.54, 1.807) is 0 Å². The molecule has 0 bridgehead atoms. The fourth-order valence-electron chi connectivity index (χ4n) is 1.67. The molecule has 0 aliphatic carbocycles. The number of benzene rings is 1. The summed E-state index contributed by atoms with van der Waals surface area (Å²) in [4.78, 5) is 0. The Labute approximate surface area is 90.2 Å². The Morgan fingerprint density at radius 3 is 3.07 bits per heavy atom. The summed E-state index contributed by atoms with van der Waals surface area (Å²) >= 11 is 0. The molecule has 1 aromatic rings. The van der Waals surface area contributed by atoms with Crippen molar-refractivity contribution < 1.29 is 9.47 Å². The zero-order chi connectivity index (χ0) is 10.7. The highest BCUT2D eigenvalue weighted by molar-refractivity contribution is 5.30. The predicted molar refractivity (Wildman–Crippen MR) is 58.9 cm³/mol. The molecule has 2 N–H and O–H groups in total. The van der Waals surface area contributed by atoms with Gasteiger partial charge in [-0.3, -0.25) is 0 Å². The standard InChI is InChI=1S/C12H17NO2/c1-9(13)10-3-2-4-11(7-10)15-12-5-6-14-8-12/h2-4,7,9,12H,5-6,8,13H2,1H3/t9-,12+/m0/s1. The molecule has 0 amide bonds. The van der Waals surface area contributed by atoms with Gasteiger partial charge in [0.1, 0.15) is 11.9 Å². The Hall–Kier alpha value is -1.06. The lowest BCUT2D eigenvalue weighted by Crippen LogP contribution is -2.16. The molecular formula is C12H17NO2. The van der Waals surface area contributed by atoms with E-state index in [-0.39, 0.29) is 12.1 Å². The van der Waals surface area contributed by atoms with Gasteiger partial charge in [-0.25, -0.2) is 0 Å². The smallest absolute Gasteiger partial charge is 0.124 e. The van der Waals surface area contributed by atoms with E-state index >= 15 is 0 Å². The Kier molecular flexibility index (Phi) is 3.23. The lowest BCUT2D eigenvalue weighted by molar-refractivity contribution is 0.141. The molecule has 15 heavy (non-hydrogen) atoms. The van der Waals surface area contributed by atoms with Gasteiger partial charge in [-0.15, -0.1) is 0 Å². The molecule has 1 aliphatic rings. The molecular weight excluding hydrogens is 190 g/mol. The molecule has 0 saturated carbocycles. The molecule has 0 unspecified atom stereocenters. The maximum atomic E-state index is 5.81. The predicted octanol–water partition coefficient (Wildman–Crippen LogP) is 1.87. The van der Waals surface area contributed by atoms with E-state index in [1.165, 1.54) is 0 Å². The number of rotatable bonds is 3. The van der Waals surface area contributed by atoms with Gasteiger partial charge < -0.3 is 15.2 Å². The van der Waals surface area contributed by atoms with Crippen molar-refractivity contribution >= 4 is 0 Å². The second kappa shape index (κ2) is 4.64. The first kappa shape index (κ1) is 10.5.